The molecule has 0 N–H and O–H groups in total. The number of carbonyl (C=O) groups excluding carboxylic acids is 3. The average Bonchev–Trinajstić information content (AvgIpc) is 3.13. The third-order valence-electron chi connectivity index (χ3n) is 4.54. The van der Waals surface area contributed by atoms with Crippen molar-refractivity contribution in [3.05, 3.63) is 40.1 Å². The van der Waals surface area contributed by atoms with Gasteiger partial charge in [-0.25, -0.2) is 0 Å². The molecule has 8 nitrogen and oxygen atoms in total. The molecule has 0 radical (unpaired) electrons. The summed E-state index contributed by atoms with van der Waals surface area (Å²) in [6.45, 7) is -0.155. The summed E-state index contributed by atoms with van der Waals surface area (Å²) in [7, 11) is 4.15. The summed E-state index contributed by atoms with van der Waals surface area (Å²) in [4.78, 5) is 39.0. The van der Waals surface area contributed by atoms with E-state index in [9.17, 15) is 14.4 Å². The van der Waals surface area contributed by atoms with Crippen molar-refractivity contribution in [2.45, 2.75) is 6.54 Å². The quantitative estimate of drug-likeness (QED) is 0.369. The minimum Gasteiger partial charge on any atom is -0.468 e. The van der Waals surface area contributed by atoms with Gasteiger partial charge in [-0.05, 0) is 36.5 Å². The lowest BCUT2D eigenvalue weighted by molar-refractivity contribution is -0.141. The third kappa shape index (κ3) is 4.03. The fraction of sp³-hybridized carbons (Fsp3) is 0.263. The van der Waals surface area contributed by atoms with Gasteiger partial charge in [-0.15, -0.1) is 0 Å². The summed E-state index contributed by atoms with van der Waals surface area (Å²) >= 11 is 8.75. The van der Waals surface area contributed by atoms with Crippen LogP contribution in [0.15, 0.2) is 34.6 Å². The van der Waals surface area contributed by atoms with Crippen LogP contribution in [0.4, 0.5) is 0 Å². The number of thiocarbonyl (C=S) groups is 1. The Labute approximate surface area is 180 Å². The second-order valence-electron chi connectivity index (χ2n) is 6.29. The van der Waals surface area contributed by atoms with Crippen molar-refractivity contribution in [3.63, 3.8) is 0 Å². The predicted octanol–water partition coefficient (Wildman–Crippen LogP) is 2.15. The van der Waals surface area contributed by atoms with Gasteiger partial charge in [-0.2, -0.15) is 0 Å². The Morgan fingerprint density at radius 3 is 2.48 bits per heavy atom. The van der Waals surface area contributed by atoms with Crippen LogP contribution in [0.25, 0.3) is 17.0 Å². The number of nitrogens with zero attached hydrogens (tertiary/aromatic N) is 3. The van der Waals surface area contributed by atoms with Gasteiger partial charge in [-0.3, -0.25) is 19.3 Å². The second kappa shape index (κ2) is 8.34. The van der Waals surface area contributed by atoms with Crippen LogP contribution in [0.2, 0.25) is 0 Å². The predicted molar refractivity (Wildman–Crippen MR) is 114 cm³/mol. The van der Waals surface area contributed by atoms with Crippen LogP contribution in [0, 0.1) is 0 Å². The topological polar surface area (TPSA) is 81.1 Å². The zero-order valence-electron chi connectivity index (χ0n) is 16.0. The fourth-order valence-electron chi connectivity index (χ4n) is 3.04. The molecule has 0 spiro atoms. The molecule has 0 bridgehead atoms. The maximum absolute atomic E-state index is 12.7. The summed E-state index contributed by atoms with van der Waals surface area (Å²) < 4.78 is 12.1. The normalized spacial score (nSPS) is 15.5. The van der Waals surface area contributed by atoms with Crippen molar-refractivity contribution in [1.29, 1.82) is 0 Å². The van der Waals surface area contributed by atoms with Gasteiger partial charge in [0.25, 0.3) is 5.91 Å². The van der Waals surface area contributed by atoms with Gasteiger partial charge < -0.3 is 18.9 Å². The van der Waals surface area contributed by atoms with E-state index < -0.39 is 11.9 Å². The number of halogens is 1. The van der Waals surface area contributed by atoms with E-state index in [-0.39, 0.29) is 29.8 Å². The number of aromatic nitrogens is 1. The van der Waals surface area contributed by atoms with Gasteiger partial charge in [0, 0.05) is 34.2 Å². The number of rotatable bonds is 5. The number of hydrogen-bond acceptors (Lipinski definition) is 6. The lowest BCUT2D eigenvalue weighted by atomic mass is 10.1. The Bertz CT molecular complexity index is 1060. The average molecular weight is 480 g/mol. The molecular formula is C19H18BrN3O5S. The van der Waals surface area contributed by atoms with E-state index in [1.807, 2.05) is 18.2 Å². The molecule has 1 fully saturated rings. The van der Waals surface area contributed by atoms with Crippen LogP contribution in [0.1, 0.15) is 5.56 Å². The first-order valence-corrected chi connectivity index (χ1v) is 9.70. The molecule has 3 rings (SSSR count). The van der Waals surface area contributed by atoms with Crippen molar-refractivity contribution < 1.29 is 23.9 Å². The minimum absolute atomic E-state index is 0.0238. The second-order valence-corrected chi connectivity index (χ2v) is 7.57. The summed E-state index contributed by atoms with van der Waals surface area (Å²) in [5.41, 5.74) is 1.74. The van der Waals surface area contributed by atoms with E-state index in [4.69, 9.17) is 21.7 Å². The first kappa shape index (κ1) is 21.0. The van der Waals surface area contributed by atoms with Crippen LogP contribution in [0.3, 0.4) is 0 Å². The Kier molecular flexibility index (Phi) is 6.04. The molecule has 0 saturated carbocycles. The molecule has 29 heavy (non-hydrogen) atoms. The van der Waals surface area contributed by atoms with E-state index in [0.717, 1.165) is 15.4 Å². The highest BCUT2D eigenvalue weighted by atomic mass is 79.9. The van der Waals surface area contributed by atoms with Crippen LogP contribution in [0.5, 0.6) is 0 Å². The number of methoxy groups -OCH3 is 2. The van der Waals surface area contributed by atoms with Crippen molar-refractivity contribution in [2.24, 2.45) is 0 Å². The van der Waals surface area contributed by atoms with Gasteiger partial charge in [0.2, 0.25) is 0 Å². The third-order valence-corrected chi connectivity index (χ3v) is 5.53. The van der Waals surface area contributed by atoms with E-state index >= 15 is 0 Å². The van der Waals surface area contributed by atoms with E-state index in [1.54, 1.807) is 23.9 Å². The van der Waals surface area contributed by atoms with E-state index in [0.29, 0.717) is 5.56 Å². The molecule has 1 aromatic heterocycles. The number of carbonyl (C=O) groups is 3. The SMILES string of the molecule is COC(=O)CN1C(=S)N(C)C(=O)/C1=C/c1cn(CC(=O)OC)c2ccc(Br)cc12. The zero-order chi connectivity index (χ0) is 21.3. The molecular weight excluding hydrogens is 462 g/mol. The van der Waals surface area contributed by atoms with Crippen LogP contribution >= 0.6 is 28.1 Å². The van der Waals surface area contributed by atoms with Gasteiger partial charge in [0.15, 0.2) is 5.11 Å². The van der Waals surface area contributed by atoms with Gasteiger partial charge in [0.1, 0.15) is 18.8 Å². The number of esters is 2. The molecule has 1 saturated heterocycles. The summed E-state index contributed by atoms with van der Waals surface area (Å²) in [5.74, 6) is -1.24. The molecule has 1 aliphatic heterocycles. The van der Waals surface area contributed by atoms with Crippen LogP contribution in [-0.4, -0.2) is 65.1 Å². The van der Waals surface area contributed by atoms with Gasteiger partial charge in [0.05, 0.1) is 14.2 Å². The Hall–Kier alpha value is -2.72. The Morgan fingerprint density at radius 1 is 1.17 bits per heavy atom. The first-order valence-electron chi connectivity index (χ1n) is 8.50. The summed E-state index contributed by atoms with van der Waals surface area (Å²) in [6, 6.07) is 5.62. The fourth-order valence-corrected chi connectivity index (χ4v) is 3.64. The molecule has 1 amide bonds. The van der Waals surface area contributed by atoms with Crippen LogP contribution in [-0.2, 0) is 30.4 Å². The van der Waals surface area contributed by atoms with Crippen molar-refractivity contribution >= 4 is 68.1 Å². The standard InChI is InChI=1S/C19H18BrN3O5S/c1-21-18(26)15(23(19(21)29)10-17(25)28-3)6-11-8-22(9-16(24)27-2)14-5-4-12(20)7-13(11)14/h4-8H,9-10H2,1-3H3/b15-6-. The highest BCUT2D eigenvalue weighted by Crippen LogP contribution is 2.29. The number of ether oxygens (including phenoxy) is 2. The van der Waals surface area contributed by atoms with Crippen molar-refractivity contribution in [2.75, 3.05) is 27.8 Å². The monoisotopic (exact) mass is 479 g/mol. The summed E-state index contributed by atoms with van der Waals surface area (Å²) in [6.07, 6.45) is 3.41. The van der Waals surface area contributed by atoms with Gasteiger partial charge >= 0.3 is 11.9 Å². The molecule has 0 unspecified atom stereocenters. The van der Waals surface area contributed by atoms with E-state index in [2.05, 4.69) is 15.9 Å². The molecule has 2 aromatic rings. The number of amides is 1. The molecule has 0 aliphatic carbocycles. The van der Waals surface area contributed by atoms with Crippen molar-refractivity contribution in [1.82, 2.24) is 14.4 Å². The zero-order valence-corrected chi connectivity index (χ0v) is 18.4. The lowest BCUT2D eigenvalue weighted by Gasteiger charge is -2.16. The highest BCUT2D eigenvalue weighted by Gasteiger charge is 2.37. The minimum atomic E-state index is -0.516. The molecule has 10 heteroatoms. The lowest BCUT2D eigenvalue weighted by Crippen LogP contribution is -2.33. The Morgan fingerprint density at radius 2 is 1.83 bits per heavy atom. The molecule has 2 heterocycles. The number of fused-ring (bicyclic) bond motifs is 1. The smallest absolute Gasteiger partial charge is 0.325 e. The van der Waals surface area contributed by atoms with Crippen molar-refractivity contribution in [3.8, 4) is 0 Å². The maximum Gasteiger partial charge on any atom is 0.325 e. The van der Waals surface area contributed by atoms with Crippen LogP contribution < -0.4 is 0 Å². The molecule has 0 atom stereocenters. The number of benzene rings is 1. The van der Waals surface area contributed by atoms with Gasteiger partial charge in [-0.1, -0.05) is 15.9 Å². The molecule has 1 aromatic carbocycles. The maximum atomic E-state index is 12.7. The number of likely N-dealkylation sites (N-methyl/N-ethyl adjacent to an activating group) is 1. The molecule has 152 valence electrons. The highest BCUT2D eigenvalue weighted by molar-refractivity contribution is 9.10. The first-order chi connectivity index (χ1) is 13.8. The Balaban J connectivity index is 2.13. The van der Waals surface area contributed by atoms with E-state index in [1.165, 1.54) is 24.0 Å². The largest absolute Gasteiger partial charge is 0.468 e. The number of hydrogen-bond donors (Lipinski definition) is 0. The summed E-state index contributed by atoms with van der Waals surface area (Å²) in [5, 5.41) is 1.04. The molecule has 1 aliphatic rings.